The van der Waals surface area contributed by atoms with Crippen molar-refractivity contribution >= 4 is 20.5 Å². The Bertz CT molecular complexity index is 619. The van der Waals surface area contributed by atoms with Gasteiger partial charge in [0.25, 0.3) is 0 Å². The van der Waals surface area contributed by atoms with Crippen LogP contribution in [-0.4, -0.2) is 33.7 Å². The van der Waals surface area contributed by atoms with Gasteiger partial charge in [-0.2, -0.15) is 0 Å². The highest BCUT2D eigenvalue weighted by molar-refractivity contribution is 6.77. The van der Waals surface area contributed by atoms with Gasteiger partial charge in [0.05, 0.1) is 19.3 Å². The first kappa shape index (κ1) is 25.4. The number of carbonyl (C=O) groups excluding carboxylic acids is 1. The van der Waals surface area contributed by atoms with E-state index in [1.165, 1.54) is 7.11 Å². The third-order valence-corrected chi connectivity index (χ3v) is 11.9. The summed E-state index contributed by atoms with van der Waals surface area (Å²) in [5.41, 5.74) is 2.51. The zero-order valence-electron chi connectivity index (χ0n) is 19.7. The third-order valence-electron chi connectivity index (χ3n) is 5.82. The van der Waals surface area contributed by atoms with Crippen LogP contribution in [0.4, 0.5) is 4.79 Å². The molecule has 0 aliphatic rings. The van der Waals surface area contributed by atoms with E-state index in [2.05, 4.69) is 60.7 Å². The van der Waals surface area contributed by atoms with Gasteiger partial charge in [0, 0.05) is 0 Å². The summed E-state index contributed by atoms with van der Waals surface area (Å²) in [4.78, 5) is 12.1. The Morgan fingerprint density at radius 2 is 1.45 bits per heavy atom. The lowest BCUT2D eigenvalue weighted by Gasteiger charge is -2.47. The van der Waals surface area contributed by atoms with Crippen molar-refractivity contribution in [2.24, 2.45) is 5.92 Å². The molecule has 2 atom stereocenters. The van der Waals surface area contributed by atoms with Crippen LogP contribution in [0.2, 0.25) is 16.6 Å². The van der Waals surface area contributed by atoms with Gasteiger partial charge in [0.2, 0.25) is 8.32 Å². The summed E-state index contributed by atoms with van der Waals surface area (Å²) >= 11 is 0. The molecule has 164 valence electrons. The first-order valence-electron chi connectivity index (χ1n) is 10.8. The fourth-order valence-corrected chi connectivity index (χ4v) is 10.2. The van der Waals surface area contributed by atoms with E-state index in [1.807, 2.05) is 42.5 Å². The Labute approximate surface area is 179 Å². The normalized spacial score (nSPS) is 14.8. The highest BCUT2D eigenvalue weighted by atomic mass is 28.4. The van der Waals surface area contributed by atoms with Crippen LogP contribution in [0.15, 0.2) is 36.4 Å². The molecule has 0 unspecified atom stereocenters. The molecule has 1 aromatic carbocycles. The molecule has 1 rings (SSSR count). The molecule has 1 aromatic rings. The maximum atomic E-state index is 12.1. The minimum atomic E-state index is -2.11. The largest absolute Gasteiger partial charge is 0.453 e. The third kappa shape index (κ3) is 6.71. The number of hydrogen-bond donors (Lipinski definition) is 1. The smallest absolute Gasteiger partial charge is 0.407 e. The van der Waals surface area contributed by atoms with Crippen molar-refractivity contribution in [2.75, 3.05) is 7.11 Å². The minimum absolute atomic E-state index is 0.132. The summed E-state index contributed by atoms with van der Waals surface area (Å²) in [5, 5.41) is 3.01. The number of ether oxygens (including phenoxy) is 1. The molecular weight excluding hydrogens is 378 g/mol. The van der Waals surface area contributed by atoms with Crippen molar-refractivity contribution < 1.29 is 14.0 Å². The Kier molecular flexibility index (Phi) is 10.1. The highest BCUT2D eigenvalue weighted by Gasteiger charge is 2.48. The first-order valence-corrected chi connectivity index (χ1v) is 13.0. The van der Waals surface area contributed by atoms with Crippen molar-refractivity contribution in [3.8, 4) is 0 Å². The summed E-state index contributed by atoms with van der Waals surface area (Å²) in [6.45, 7) is 18.0. The van der Waals surface area contributed by atoms with E-state index in [9.17, 15) is 4.79 Å². The summed E-state index contributed by atoms with van der Waals surface area (Å²) in [6.07, 6.45) is 3.51. The molecule has 0 radical (unpaired) electrons. The lowest BCUT2D eigenvalue weighted by Crippen LogP contribution is -2.56. The van der Waals surface area contributed by atoms with Crippen LogP contribution < -0.4 is 5.32 Å². The molecule has 0 heterocycles. The van der Waals surface area contributed by atoms with Gasteiger partial charge in [-0.3, -0.25) is 0 Å². The zero-order valence-corrected chi connectivity index (χ0v) is 20.7. The molecule has 0 bridgehead atoms. The zero-order chi connectivity index (χ0) is 22.2. The Morgan fingerprint density at radius 1 is 0.931 bits per heavy atom. The highest BCUT2D eigenvalue weighted by Crippen LogP contribution is 2.44. The fourth-order valence-electron chi connectivity index (χ4n) is 4.48. The molecule has 0 saturated heterocycles. The number of nitrogens with one attached hydrogen (secondary N) is 1. The Balaban J connectivity index is 3.33. The van der Waals surface area contributed by atoms with Crippen LogP contribution in [-0.2, 0) is 9.16 Å². The average molecular weight is 420 g/mol. The summed E-state index contributed by atoms with van der Waals surface area (Å²) in [5.74, 6) is 0.237. The number of methoxy groups -OCH3 is 1. The van der Waals surface area contributed by atoms with E-state index in [0.717, 1.165) is 5.56 Å². The number of hydrogen-bond acceptors (Lipinski definition) is 3. The number of rotatable bonds is 10. The van der Waals surface area contributed by atoms with Gasteiger partial charge in [-0.05, 0) is 28.1 Å². The van der Waals surface area contributed by atoms with Gasteiger partial charge in [-0.15, -0.1) is 0 Å². The Hall–Kier alpha value is -1.59. The molecule has 0 aliphatic heterocycles. The molecule has 0 aromatic heterocycles. The van der Waals surface area contributed by atoms with Crippen LogP contribution in [0.3, 0.4) is 0 Å². The number of amides is 1. The topological polar surface area (TPSA) is 47.6 Å². The molecular formula is C24H41NO3Si. The van der Waals surface area contributed by atoms with Crippen LogP contribution in [0.1, 0.15) is 61.0 Å². The van der Waals surface area contributed by atoms with Crippen LogP contribution in [0.5, 0.6) is 0 Å². The van der Waals surface area contributed by atoms with E-state index in [-0.39, 0.29) is 18.1 Å². The standard InChI is InChI=1S/C24H41NO3Si/c1-17(2)23(28-29(18(3)4,19(5)6)20(7)8)22(25-24(26)27-9)16-15-21-13-11-10-12-14-21/h10-20,22-23H,1-9H3,(H,25,26)/b16-15+/t22-,23+/m1/s1. The van der Waals surface area contributed by atoms with E-state index >= 15 is 0 Å². The molecule has 4 nitrogen and oxygen atoms in total. The van der Waals surface area contributed by atoms with Crippen molar-refractivity contribution in [2.45, 2.75) is 84.2 Å². The quantitative estimate of drug-likeness (QED) is 0.432. The Morgan fingerprint density at radius 3 is 1.86 bits per heavy atom. The molecule has 0 spiro atoms. The maximum absolute atomic E-state index is 12.1. The summed E-state index contributed by atoms with van der Waals surface area (Å²) in [6, 6.07) is 9.83. The molecule has 0 aliphatic carbocycles. The van der Waals surface area contributed by atoms with Gasteiger partial charge >= 0.3 is 6.09 Å². The van der Waals surface area contributed by atoms with Crippen molar-refractivity contribution in [1.29, 1.82) is 0 Å². The van der Waals surface area contributed by atoms with Crippen molar-refractivity contribution in [3.05, 3.63) is 42.0 Å². The van der Waals surface area contributed by atoms with Crippen LogP contribution in [0, 0.1) is 5.92 Å². The summed E-state index contributed by atoms with van der Waals surface area (Å²) in [7, 11) is -0.715. The van der Waals surface area contributed by atoms with E-state index in [4.69, 9.17) is 9.16 Å². The summed E-state index contributed by atoms with van der Waals surface area (Å²) < 4.78 is 12.0. The van der Waals surface area contributed by atoms with Crippen LogP contribution >= 0.6 is 0 Å². The van der Waals surface area contributed by atoms with E-state index < -0.39 is 14.4 Å². The fraction of sp³-hybridized carbons (Fsp3) is 0.625. The lowest BCUT2D eigenvalue weighted by molar-refractivity contribution is 0.0973. The second-order valence-electron chi connectivity index (χ2n) is 9.08. The maximum Gasteiger partial charge on any atom is 0.407 e. The van der Waals surface area contributed by atoms with E-state index in [1.54, 1.807) is 0 Å². The monoisotopic (exact) mass is 419 g/mol. The predicted octanol–water partition coefficient (Wildman–Crippen LogP) is 6.64. The van der Waals surface area contributed by atoms with Crippen molar-refractivity contribution in [3.63, 3.8) is 0 Å². The number of benzene rings is 1. The van der Waals surface area contributed by atoms with Crippen LogP contribution in [0.25, 0.3) is 6.08 Å². The molecule has 1 amide bonds. The second kappa shape index (κ2) is 11.6. The van der Waals surface area contributed by atoms with Gasteiger partial charge in [-0.25, -0.2) is 4.79 Å². The molecule has 0 saturated carbocycles. The number of carbonyl (C=O) groups is 1. The minimum Gasteiger partial charge on any atom is -0.453 e. The van der Waals surface area contributed by atoms with Crippen molar-refractivity contribution in [1.82, 2.24) is 5.32 Å². The number of alkyl carbamates (subject to hydrolysis) is 1. The predicted molar refractivity (Wildman–Crippen MR) is 126 cm³/mol. The lowest BCUT2D eigenvalue weighted by atomic mass is 9.98. The molecule has 0 fully saturated rings. The molecule has 1 N–H and O–H groups in total. The first-order chi connectivity index (χ1) is 13.6. The second-order valence-corrected chi connectivity index (χ2v) is 14.5. The van der Waals surface area contributed by atoms with Gasteiger partial charge in [0.15, 0.2) is 0 Å². The SMILES string of the molecule is COC(=O)N[C@H](/C=C/c1ccccc1)[C@@H](O[Si](C(C)C)(C(C)C)C(C)C)C(C)C. The van der Waals surface area contributed by atoms with Gasteiger partial charge < -0.3 is 14.5 Å². The molecule has 5 heteroatoms. The van der Waals surface area contributed by atoms with Gasteiger partial charge in [0.1, 0.15) is 0 Å². The molecule has 29 heavy (non-hydrogen) atoms. The van der Waals surface area contributed by atoms with E-state index in [0.29, 0.717) is 16.6 Å². The van der Waals surface area contributed by atoms with Gasteiger partial charge in [-0.1, -0.05) is 97.9 Å². The average Bonchev–Trinajstić information content (AvgIpc) is 2.65.